The van der Waals surface area contributed by atoms with Crippen molar-refractivity contribution in [3.05, 3.63) is 63.7 Å². The Balaban J connectivity index is 1.63. The molecule has 2 aromatic carbocycles. The first kappa shape index (κ1) is 21.6. The number of aromatic hydroxyl groups is 1. The van der Waals surface area contributed by atoms with Crippen molar-refractivity contribution in [1.29, 1.82) is 0 Å². The maximum atomic E-state index is 15.0. The van der Waals surface area contributed by atoms with Gasteiger partial charge in [-0.25, -0.2) is 9.18 Å². The summed E-state index contributed by atoms with van der Waals surface area (Å²) in [6.45, 7) is 2.67. The lowest BCUT2D eigenvalue weighted by atomic mass is 10.1. The summed E-state index contributed by atoms with van der Waals surface area (Å²) < 4.78 is 21.7. The van der Waals surface area contributed by atoms with Crippen LogP contribution in [0.15, 0.2) is 41.3 Å². The summed E-state index contributed by atoms with van der Waals surface area (Å²) in [7, 11) is 1.48. The summed E-state index contributed by atoms with van der Waals surface area (Å²) >= 11 is 0. The summed E-state index contributed by atoms with van der Waals surface area (Å²) in [5, 5.41) is 20.5. The van der Waals surface area contributed by atoms with E-state index in [0.29, 0.717) is 37.2 Å². The minimum absolute atomic E-state index is 0.0138. The standard InChI is InChI=1S/C23H23FN2O6/c1-3-25-12-16(23(29)30)22(28)15-10-17(24)19(11-18(15)25)26-7-6-14(32-26)8-13-4-5-20(27)21(9-13)31-2/h4-5,9-12,14,27H,3,6-8H2,1-2H3,(H,29,30). The van der Waals surface area contributed by atoms with Gasteiger partial charge in [-0.3, -0.25) is 14.7 Å². The molecule has 4 rings (SSSR count). The Morgan fingerprint density at radius 2 is 2.09 bits per heavy atom. The third-order valence-corrected chi connectivity index (χ3v) is 5.63. The first-order valence-electron chi connectivity index (χ1n) is 10.2. The van der Waals surface area contributed by atoms with E-state index in [4.69, 9.17) is 9.57 Å². The molecule has 1 fully saturated rings. The van der Waals surface area contributed by atoms with Gasteiger partial charge in [-0.1, -0.05) is 6.07 Å². The van der Waals surface area contributed by atoms with Crippen LogP contribution in [0.4, 0.5) is 10.1 Å². The van der Waals surface area contributed by atoms with Crippen molar-refractivity contribution in [3.63, 3.8) is 0 Å². The highest BCUT2D eigenvalue weighted by atomic mass is 19.1. The maximum absolute atomic E-state index is 15.0. The van der Waals surface area contributed by atoms with Crippen LogP contribution < -0.4 is 15.2 Å². The number of halogens is 1. The number of phenolic OH excluding ortho intramolecular Hbond substituents is 1. The number of hydrogen-bond acceptors (Lipinski definition) is 6. The number of ether oxygens (including phenoxy) is 1. The number of pyridine rings is 1. The van der Waals surface area contributed by atoms with E-state index in [-0.39, 0.29) is 22.9 Å². The topological polar surface area (TPSA) is 101 Å². The second kappa shape index (κ2) is 8.51. The number of methoxy groups -OCH3 is 1. The Kier molecular flexibility index (Phi) is 5.75. The summed E-state index contributed by atoms with van der Waals surface area (Å²) in [6.07, 6.45) is 2.27. The van der Waals surface area contributed by atoms with E-state index in [9.17, 15) is 24.2 Å². The van der Waals surface area contributed by atoms with Crippen molar-refractivity contribution in [1.82, 2.24) is 4.57 Å². The van der Waals surface area contributed by atoms with Gasteiger partial charge in [0.25, 0.3) is 0 Å². The van der Waals surface area contributed by atoms with Crippen LogP contribution in [0.3, 0.4) is 0 Å². The van der Waals surface area contributed by atoms with Gasteiger partial charge in [0.15, 0.2) is 11.5 Å². The fourth-order valence-corrected chi connectivity index (χ4v) is 3.98. The van der Waals surface area contributed by atoms with Gasteiger partial charge in [-0.05, 0) is 43.2 Å². The highest BCUT2D eigenvalue weighted by Gasteiger charge is 2.27. The third kappa shape index (κ3) is 3.87. The van der Waals surface area contributed by atoms with Gasteiger partial charge in [0.05, 0.1) is 18.7 Å². The number of fused-ring (bicyclic) bond motifs is 1. The van der Waals surface area contributed by atoms with E-state index in [1.165, 1.54) is 24.4 Å². The molecule has 8 nitrogen and oxygen atoms in total. The predicted octanol–water partition coefficient (Wildman–Crippen LogP) is 3.33. The number of nitrogens with zero attached hydrogens (tertiary/aromatic N) is 2. The van der Waals surface area contributed by atoms with E-state index in [1.807, 2.05) is 6.92 Å². The third-order valence-electron chi connectivity index (χ3n) is 5.63. The molecule has 1 unspecified atom stereocenters. The molecular formula is C23H23FN2O6. The number of hydrogen-bond donors (Lipinski definition) is 2. The molecule has 0 radical (unpaired) electrons. The SMILES string of the molecule is CCn1cc(C(=O)O)c(=O)c2cc(F)c(N3CCC(Cc4ccc(O)c(OC)c4)O3)cc21. The molecule has 1 aliphatic rings. The molecule has 0 aliphatic carbocycles. The molecule has 32 heavy (non-hydrogen) atoms. The number of carboxylic acid groups (broad SMARTS) is 1. The molecule has 9 heteroatoms. The summed E-state index contributed by atoms with van der Waals surface area (Å²) in [4.78, 5) is 29.9. The number of hydroxylamine groups is 1. The Labute approximate surface area is 183 Å². The quantitative estimate of drug-likeness (QED) is 0.604. The van der Waals surface area contributed by atoms with E-state index in [0.717, 1.165) is 11.6 Å². The zero-order valence-corrected chi connectivity index (χ0v) is 17.7. The molecule has 0 bridgehead atoms. The molecule has 1 aromatic heterocycles. The monoisotopic (exact) mass is 442 g/mol. The molecule has 168 valence electrons. The van der Waals surface area contributed by atoms with Gasteiger partial charge in [-0.2, -0.15) is 0 Å². The fourth-order valence-electron chi connectivity index (χ4n) is 3.98. The number of phenols is 1. The van der Waals surface area contributed by atoms with E-state index in [2.05, 4.69) is 0 Å². The Morgan fingerprint density at radius 1 is 1.31 bits per heavy atom. The molecule has 1 atom stereocenters. The number of carbonyl (C=O) groups is 1. The van der Waals surface area contributed by atoms with Crippen molar-refractivity contribution in [3.8, 4) is 11.5 Å². The molecule has 2 N–H and O–H groups in total. The van der Waals surface area contributed by atoms with Crippen LogP contribution in [0.25, 0.3) is 10.9 Å². The van der Waals surface area contributed by atoms with Crippen LogP contribution in [0.5, 0.6) is 11.5 Å². The number of aromatic carboxylic acids is 1. The van der Waals surface area contributed by atoms with E-state index in [1.54, 1.807) is 22.8 Å². The van der Waals surface area contributed by atoms with E-state index >= 15 is 0 Å². The van der Waals surface area contributed by atoms with Gasteiger partial charge in [-0.15, -0.1) is 0 Å². The fraction of sp³-hybridized carbons (Fsp3) is 0.304. The number of carboxylic acids is 1. The smallest absolute Gasteiger partial charge is 0.341 e. The zero-order chi connectivity index (χ0) is 23.0. The normalized spacial score (nSPS) is 16.0. The van der Waals surface area contributed by atoms with Gasteiger partial charge < -0.3 is 19.5 Å². The van der Waals surface area contributed by atoms with Crippen LogP contribution in [-0.2, 0) is 17.8 Å². The molecule has 0 saturated carbocycles. The lowest BCUT2D eigenvalue weighted by Crippen LogP contribution is -2.22. The van der Waals surface area contributed by atoms with Gasteiger partial charge in [0.1, 0.15) is 17.1 Å². The zero-order valence-electron chi connectivity index (χ0n) is 17.7. The van der Waals surface area contributed by atoms with Crippen LogP contribution in [0, 0.1) is 5.82 Å². The van der Waals surface area contributed by atoms with Gasteiger partial charge >= 0.3 is 5.97 Å². The number of benzene rings is 2. The lowest BCUT2D eigenvalue weighted by molar-refractivity contribution is 0.0694. The number of anilines is 1. The van der Waals surface area contributed by atoms with Gasteiger partial charge in [0.2, 0.25) is 5.43 Å². The Bertz CT molecular complexity index is 1260. The molecule has 3 aromatic rings. The maximum Gasteiger partial charge on any atom is 0.341 e. The van der Waals surface area contributed by atoms with Crippen LogP contribution in [-0.4, -0.2) is 40.5 Å². The second-order valence-electron chi connectivity index (χ2n) is 7.61. The average molecular weight is 442 g/mol. The summed E-state index contributed by atoms with van der Waals surface area (Å²) in [5.74, 6) is -1.58. The summed E-state index contributed by atoms with van der Waals surface area (Å²) in [6, 6.07) is 7.66. The molecule has 0 amide bonds. The van der Waals surface area contributed by atoms with Crippen LogP contribution >= 0.6 is 0 Å². The first-order chi connectivity index (χ1) is 15.3. The Morgan fingerprint density at radius 3 is 2.78 bits per heavy atom. The second-order valence-corrected chi connectivity index (χ2v) is 7.61. The number of aromatic nitrogens is 1. The highest BCUT2D eigenvalue weighted by molar-refractivity contribution is 5.93. The first-order valence-corrected chi connectivity index (χ1v) is 10.2. The minimum atomic E-state index is -1.35. The largest absolute Gasteiger partial charge is 0.504 e. The van der Waals surface area contributed by atoms with Crippen molar-refractivity contribution >= 4 is 22.6 Å². The van der Waals surface area contributed by atoms with Crippen molar-refractivity contribution in [2.45, 2.75) is 32.4 Å². The average Bonchev–Trinajstić information content (AvgIpc) is 3.23. The predicted molar refractivity (Wildman–Crippen MR) is 116 cm³/mol. The molecule has 2 heterocycles. The van der Waals surface area contributed by atoms with Crippen molar-refractivity contribution in [2.24, 2.45) is 0 Å². The molecular weight excluding hydrogens is 419 g/mol. The van der Waals surface area contributed by atoms with E-state index < -0.39 is 22.8 Å². The molecule has 0 spiro atoms. The number of aryl methyl sites for hydroxylation is 1. The van der Waals surface area contributed by atoms with Crippen LogP contribution in [0.2, 0.25) is 0 Å². The highest BCUT2D eigenvalue weighted by Crippen LogP contribution is 2.32. The molecule has 1 aliphatic heterocycles. The number of rotatable bonds is 6. The van der Waals surface area contributed by atoms with Gasteiger partial charge in [0, 0.05) is 31.1 Å². The minimum Gasteiger partial charge on any atom is -0.504 e. The van der Waals surface area contributed by atoms with Crippen LogP contribution in [0.1, 0.15) is 29.3 Å². The molecule has 1 saturated heterocycles. The Hall–Kier alpha value is -3.59. The summed E-state index contributed by atoms with van der Waals surface area (Å²) in [5.41, 5.74) is 0.422. The van der Waals surface area contributed by atoms with Crippen molar-refractivity contribution < 1.29 is 29.0 Å². The lowest BCUT2D eigenvalue weighted by Gasteiger charge is -2.21. The van der Waals surface area contributed by atoms with Crippen molar-refractivity contribution in [2.75, 3.05) is 18.7 Å².